The van der Waals surface area contributed by atoms with Crippen LogP contribution in [0.4, 0.5) is 0 Å². The molecule has 16 heavy (non-hydrogen) atoms. The fourth-order valence-corrected chi connectivity index (χ4v) is 1.94. The Bertz CT molecular complexity index is 758. The van der Waals surface area contributed by atoms with E-state index in [-0.39, 0.29) is 5.63 Å². The summed E-state index contributed by atoms with van der Waals surface area (Å²) < 4.78 is 6.76. The highest BCUT2D eigenvalue weighted by Crippen LogP contribution is 2.24. The van der Waals surface area contributed by atoms with Gasteiger partial charge in [0.25, 0.3) is 0 Å². The summed E-state index contributed by atoms with van der Waals surface area (Å²) in [5.41, 5.74) is 0.745. The number of halogens is 1. The fourth-order valence-electron chi connectivity index (χ4n) is 1.77. The lowest BCUT2D eigenvalue weighted by Gasteiger charge is -1.97. The van der Waals surface area contributed by atoms with Crippen LogP contribution in [0.25, 0.3) is 21.9 Å². The second-order valence-electron chi connectivity index (χ2n) is 3.60. The van der Waals surface area contributed by atoms with E-state index in [0.717, 1.165) is 5.39 Å². The molecule has 2 heterocycles. The van der Waals surface area contributed by atoms with Gasteiger partial charge in [0, 0.05) is 23.7 Å². The molecule has 1 aromatic carbocycles. The van der Waals surface area contributed by atoms with Gasteiger partial charge in [0.15, 0.2) is 0 Å². The van der Waals surface area contributed by atoms with Gasteiger partial charge in [-0.05, 0) is 18.2 Å². The van der Waals surface area contributed by atoms with Gasteiger partial charge in [-0.15, -0.1) is 0 Å². The summed E-state index contributed by atoms with van der Waals surface area (Å²) >= 11 is 5.91. The monoisotopic (exact) mass is 234 g/mol. The first kappa shape index (κ1) is 9.42. The third-order valence-corrected chi connectivity index (χ3v) is 2.68. The molecule has 4 nitrogen and oxygen atoms in total. The molecule has 0 N–H and O–H groups in total. The van der Waals surface area contributed by atoms with Crippen molar-refractivity contribution in [2.45, 2.75) is 0 Å². The zero-order valence-corrected chi connectivity index (χ0v) is 9.15. The highest BCUT2D eigenvalue weighted by atomic mass is 35.5. The molecule has 0 bridgehead atoms. The Morgan fingerprint density at radius 1 is 1.38 bits per heavy atom. The summed E-state index contributed by atoms with van der Waals surface area (Å²) in [6.45, 7) is 0. The quantitative estimate of drug-likeness (QED) is 0.561. The second-order valence-corrected chi connectivity index (χ2v) is 4.03. The molecule has 0 atom stereocenters. The molecule has 3 aromatic rings. The van der Waals surface area contributed by atoms with Gasteiger partial charge in [0.2, 0.25) is 0 Å². The topological polar surface area (TPSA) is 48.0 Å². The third kappa shape index (κ3) is 1.23. The van der Waals surface area contributed by atoms with Crippen LogP contribution in [0.5, 0.6) is 0 Å². The molecule has 0 aliphatic rings. The van der Waals surface area contributed by atoms with E-state index in [1.165, 1.54) is 0 Å². The number of hydrogen-bond acceptors (Lipinski definition) is 3. The Kier molecular flexibility index (Phi) is 1.82. The number of rotatable bonds is 0. The van der Waals surface area contributed by atoms with Crippen LogP contribution in [-0.4, -0.2) is 9.78 Å². The molecule has 0 aliphatic heterocycles. The van der Waals surface area contributed by atoms with Crippen LogP contribution in [0, 0.1) is 0 Å². The van der Waals surface area contributed by atoms with E-state index in [1.54, 1.807) is 36.1 Å². The van der Waals surface area contributed by atoms with Crippen LogP contribution >= 0.6 is 11.6 Å². The molecule has 0 radical (unpaired) electrons. The van der Waals surface area contributed by atoms with Gasteiger partial charge in [-0.25, -0.2) is 4.79 Å². The highest BCUT2D eigenvalue weighted by Gasteiger charge is 2.10. The molecule has 0 unspecified atom stereocenters. The van der Waals surface area contributed by atoms with Crippen molar-refractivity contribution in [3.8, 4) is 0 Å². The number of aromatic nitrogens is 2. The normalized spacial score (nSPS) is 11.4. The second kappa shape index (κ2) is 3.09. The lowest BCUT2D eigenvalue weighted by molar-refractivity contribution is 0.569. The maximum Gasteiger partial charge on any atom is 0.347 e. The van der Waals surface area contributed by atoms with Crippen molar-refractivity contribution in [2.75, 3.05) is 0 Å². The summed E-state index contributed by atoms with van der Waals surface area (Å²) in [6, 6.07) is 5.10. The number of nitrogens with zero attached hydrogens (tertiary/aromatic N) is 2. The average Bonchev–Trinajstić information content (AvgIpc) is 2.62. The average molecular weight is 235 g/mol. The van der Waals surface area contributed by atoms with Gasteiger partial charge in [0.05, 0.1) is 0 Å². The minimum Gasteiger partial charge on any atom is -0.422 e. The Hall–Kier alpha value is -1.81. The van der Waals surface area contributed by atoms with Crippen LogP contribution in [0.15, 0.2) is 33.6 Å². The van der Waals surface area contributed by atoms with E-state index in [2.05, 4.69) is 5.10 Å². The van der Waals surface area contributed by atoms with Gasteiger partial charge in [-0.3, -0.25) is 4.68 Å². The van der Waals surface area contributed by atoms with Gasteiger partial charge in [-0.1, -0.05) is 11.6 Å². The van der Waals surface area contributed by atoms with Crippen LogP contribution < -0.4 is 5.63 Å². The zero-order chi connectivity index (χ0) is 11.3. The number of fused-ring (bicyclic) bond motifs is 3. The zero-order valence-electron chi connectivity index (χ0n) is 8.40. The van der Waals surface area contributed by atoms with Gasteiger partial charge < -0.3 is 4.42 Å². The fraction of sp³-hybridized carbons (Fsp3) is 0.0909. The largest absolute Gasteiger partial charge is 0.422 e. The van der Waals surface area contributed by atoms with Crippen molar-refractivity contribution >= 4 is 33.5 Å². The van der Waals surface area contributed by atoms with Crippen LogP contribution in [-0.2, 0) is 7.05 Å². The summed E-state index contributed by atoms with van der Waals surface area (Å²) in [5.74, 6) is 0. The molecule has 0 amide bonds. The van der Waals surface area contributed by atoms with Crippen LogP contribution in [0.2, 0.25) is 5.02 Å². The number of aryl methyl sites for hydroxylation is 1. The van der Waals surface area contributed by atoms with Crippen molar-refractivity contribution in [1.82, 2.24) is 9.78 Å². The molecular weight excluding hydrogens is 228 g/mol. The van der Waals surface area contributed by atoms with Crippen LogP contribution in [0.1, 0.15) is 0 Å². The predicted molar refractivity (Wildman–Crippen MR) is 61.8 cm³/mol. The molecule has 0 saturated heterocycles. The molecule has 0 fully saturated rings. The lowest BCUT2D eigenvalue weighted by atomic mass is 10.2. The molecule has 3 rings (SSSR count). The third-order valence-electron chi connectivity index (χ3n) is 2.45. The summed E-state index contributed by atoms with van der Waals surface area (Å²) in [5, 5.41) is 6.05. The molecule has 0 saturated carbocycles. The van der Waals surface area contributed by atoms with Crippen molar-refractivity contribution in [3.63, 3.8) is 0 Å². The Morgan fingerprint density at radius 3 is 3.00 bits per heavy atom. The predicted octanol–water partition coefficient (Wildman–Crippen LogP) is 2.33. The number of benzene rings is 1. The molecule has 0 spiro atoms. The van der Waals surface area contributed by atoms with E-state index in [1.807, 2.05) is 0 Å². The molecule has 80 valence electrons. The molecule has 5 heteroatoms. The molecule has 2 aromatic heterocycles. The maximum absolute atomic E-state index is 11.6. The van der Waals surface area contributed by atoms with Gasteiger partial charge in [-0.2, -0.15) is 5.10 Å². The van der Waals surface area contributed by atoms with E-state index in [9.17, 15) is 4.79 Å². The van der Waals surface area contributed by atoms with Gasteiger partial charge in [0.1, 0.15) is 16.5 Å². The van der Waals surface area contributed by atoms with Crippen molar-refractivity contribution in [3.05, 3.63) is 39.8 Å². The molecule has 0 aliphatic carbocycles. The van der Waals surface area contributed by atoms with E-state index >= 15 is 0 Å². The number of hydrogen-bond donors (Lipinski definition) is 0. The smallest absolute Gasteiger partial charge is 0.347 e. The van der Waals surface area contributed by atoms with E-state index in [0.29, 0.717) is 21.5 Å². The maximum atomic E-state index is 11.6. The first-order valence-corrected chi connectivity index (χ1v) is 5.09. The standard InChI is InChI=1S/C11H7ClN2O2/c1-14-5-8-10(13-14)7-4-6(12)2-3-9(7)16-11(8)15/h2-5H,1H3. The van der Waals surface area contributed by atoms with Crippen molar-refractivity contribution < 1.29 is 4.42 Å². The Labute approximate surface area is 95.0 Å². The summed E-state index contributed by atoms with van der Waals surface area (Å²) in [6.07, 6.45) is 1.64. The van der Waals surface area contributed by atoms with Gasteiger partial charge >= 0.3 is 5.63 Å². The van der Waals surface area contributed by atoms with E-state index in [4.69, 9.17) is 16.0 Å². The SMILES string of the molecule is Cn1cc2c(=O)oc3ccc(Cl)cc3c2n1. The van der Waals surface area contributed by atoms with Crippen molar-refractivity contribution in [1.29, 1.82) is 0 Å². The van der Waals surface area contributed by atoms with E-state index < -0.39 is 0 Å². The summed E-state index contributed by atoms with van der Waals surface area (Å²) in [4.78, 5) is 11.6. The molecular formula is C11H7ClN2O2. The lowest BCUT2D eigenvalue weighted by Crippen LogP contribution is -1.97. The van der Waals surface area contributed by atoms with Crippen LogP contribution in [0.3, 0.4) is 0 Å². The van der Waals surface area contributed by atoms with Crippen molar-refractivity contribution in [2.24, 2.45) is 7.05 Å². The Balaban J connectivity index is 2.65. The first-order chi connectivity index (χ1) is 7.65. The summed E-state index contributed by atoms with van der Waals surface area (Å²) in [7, 11) is 1.76. The first-order valence-electron chi connectivity index (χ1n) is 4.71. The Morgan fingerprint density at radius 2 is 2.19 bits per heavy atom. The minimum atomic E-state index is -0.377. The minimum absolute atomic E-state index is 0.377. The highest BCUT2D eigenvalue weighted by molar-refractivity contribution is 6.31.